The Hall–Kier alpha value is -6.06. The number of phenols is 2. The number of Topliss-reactive ketones (excluding diaryl/α,β-unsaturated/α-hetero) is 2. The normalized spacial score (nSPS) is 16.0. The summed E-state index contributed by atoms with van der Waals surface area (Å²) >= 11 is 3.41. The van der Waals surface area contributed by atoms with Gasteiger partial charge in [-0.2, -0.15) is 0 Å². The second-order valence-corrected chi connectivity index (χ2v) is 21.1. The third-order valence-electron chi connectivity index (χ3n) is 12.8. The van der Waals surface area contributed by atoms with E-state index in [2.05, 4.69) is 25.4 Å². The Kier molecular flexibility index (Phi) is 13.1. The summed E-state index contributed by atoms with van der Waals surface area (Å²) < 4.78 is 110. The SMILES string of the molecule is O=C1Cc2c(-c3cccc(O)c3)cc(NS(=O)(=O)c3ccc(F)cc3F)cc2C12CCC2.O=C1Cc2c(Br)cc(NS(=O)(=O)c3ccc(F)cc3F)cc2C12CCC2.OB(O)c1cccc(O)c1. The number of carbonyl (C=O) groups excluding carboxylic acids is 2. The number of carbonyl (C=O) groups is 2. The average molecular weight is 1040 g/mol. The Balaban J connectivity index is 0.000000155. The number of hydrogen-bond donors (Lipinski definition) is 6. The molecule has 352 valence electrons. The number of ketones is 2. The van der Waals surface area contributed by atoms with Crippen LogP contribution >= 0.6 is 15.9 Å². The van der Waals surface area contributed by atoms with Gasteiger partial charge in [0.2, 0.25) is 0 Å². The summed E-state index contributed by atoms with van der Waals surface area (Å²) in [5, 5.41) is 36.0. The lowest BCUT2D eigenvalue weighted by Gasteiger charge is -2.38. The minimum atomic E-state index is -4.35. The lowest BCUT2D eigenvalue weighted by Crippen LogP contribution is -2.39. The molecule has 4 aliphatic rings. The van der Waals surface area contributed by atoms with Crippen molar-refractivity contribution in [1.29, 1.82) is 0 Å². The van der Waals surface area contributed by atoms with Crippen LogP contribution in [0.5, 0.6) is 11.5 Å². The van der Waals surface area contributed by atoms with Crippen LogP contribution in [0, 0.1) is 23.3 Å². The van der Waals surface area contributed by atoms with Gasteiger partial charge in [-0.3, -0.25) is 19.0 Å². The predicted octanol–water partition coefficient (Wildman–Crippen LogP) is 7.83. The molecule has 2 fully saturated rings. The number of benzene rings is 6. The molecular formula is C48H40BBrF4N2O10S2. The largest absolute Gasteiger partial charge is 0.508 e. The molecule has 0 aromatic heterocycles. The first kappa shape index (κ1) is 48.4. The highest BCUT2D eigenvalue weighted by Gasteiger charge is 2.52. The van der Waals surface area contributed by atoms with E-state index in [1.54, 1.807) is 48.5 Å². The van der Waals surface area contributed by atoms with Crippen LogP contribution in [0.15, 0.2) is 123 Å². The van der Waals surface area contributed by atoms with Crippen LogP contribution < -0.4 is 14.9 Å². The van der Waals surface area contributed by atoms with E-state index >= 15 is 0 Å². The highest BCUT2D eigenvalue weighted by atomic mass is 79.9. The topological polar surface area (TPSA) is 207 Å². The standard InChI is InChI=1S/C24H19F2NO4S.C18H14BrF2NO3S.C6H7BO3/c25-15-5-6-22(21(26)10-15)32(30,31)27-16-11-18(14-3-1-4-17(28)9-14)19-13-23(29)24(7-2-8-24)20(19)12-16;19-14-8-11(7-13-12(14)9-17(23)18(13)4-1-5-18)22-26(24,25)16-3-2-10(20)6-15(16)21;8-6-3-1-2-5(4-6)7(9)10/h1,3-6,9-12,27-28H,2,7-8,13H2;2-3,6-8,22H,1,4-5,9H2;1-4,8-10H. The van der Waals surface area contributed by atoms with Crippen molar-refractivity contribution in [3.8, 4) is 22.6 Å². The lowest BCUT2D eigenvalue weighted by atomic mass is 9.64. The maximum atomic E-state index is 14.2. The van der Waals surface area contributed by atoms with Crippen molar-refractivity contribution in [2.75, 3.05) is 9.44 Å². The van der Waals surface area contributed by atoms with Crippen LogP contribution in [0.2, 0.25) is 0 Å². The summed E-state index contributed by atoms with van der Waals surface area (Å²) in [7, 11) is -10.1. The minimum Gasteiger partial charge on any atom is -0.508 e. The molecule has 6 aromatic rings. The molecule has 6 aromatic carbocycles. The van der Waals surface area contributed by atoms with Gasteiger partial charge in [0.25, 0.3) is 20.0 Å². The fraction of sp³-hybridized carbons (Fsp3) is 0.208. The molecule has 0 atom stereocenters. The third kappa shape index (κ3) is 9.26. The van der Waals surface area contributed by atoms with Crippen LogP contribution in [0.4, 0.5) is 28.9 Å². The number of phenolic OH excluding ortho intramolecular Hbond substituents is 2. The summed E-state index contributed by atoms with van der Waals surface area (Å²) in [5.41, 5.74) is 4.14. The molecule has 6 N–H and O–H groups in total. The van der Waals surface area contributed by atoms with Gasteiger partial charge in [-0.05, 0) is 137 Å². The predicted molar refractivity (Wildman–Crippen MR) is 248 cm³/mol. The van der Waals surface area contributed by atoms with Gasteiger partial charge in [0.1, 0.15) is 56.1 Å². The van der Waals surface area contributed by atoms with Gasteiger partial charge in [-0.25, -0.2) is 34.4 Å². The quantitative estimate of drug-likeness (QED) is 0.0644. The summed E-state index contributed by atoms with van der Waals surface area (Å²) in [6, 6.07) is 23.3. The minimum absolute atomic E-state index is 0.0330. The first-order valence-corrected chi connectivity index (χ1v) is 24.9. The van der Waals surface area contributed by atoms with Crippen molar-refractivity contribution in [2.24, 2.45) is 0 Å². The van der Waals surface area contributed by atoms with E-state index in [-0.39, 0.29) is 40.9 Å². The van der Waals surface area contributed by atoms with Gasteiger partial charge in [0, 0.05) is 35.1 Å². The molecular weight excluding hydrogens is 995 g/mol. The van der Waals surface area contributed by atoms with Crippen molar-refractivity contribution >= 4 is 71.5 Å². The van der Waals surface area contributed by atoms with Gasteiger partial charge in [-0.15, -0.1) is 0 Å². The molecule has 0 unspecified atom stereocenters. The van der Waals surface area contributed by atoms with Crippen LogP contribution in [-0.4, -0.2) is 55.8 Å². The highest BCUT2D eigenvalue weighted by molar-refractivity contribution is 9.10. The van der Waals surface area contributed by atoms with E-state index in [9.17, 15) is 49.1 Å². The van der Waals surface area contributed by atoms with E-state index in [0.29, 0.717) is 52.5 Å². The lowest BCUT2D eigenvalue weighted by molar-refractivity contribution is -0.126. The maximum Gasteiger partial charge on any atom is 0.488 e. The van der Waals surface area contributed by atoms with Crippen LogP contribution in [0.25, 0.3) is 11.1 Å². The second-order valence-electron chi connectivity index (χ2n) is 17.0. The first-order chi connectivity index (χ1) is 32.1. The Bertz CT molecular complexity index is 3260. The number of nitrogens with one attached hydrogen (secondary N) is 2. The second kappa shape index (κ2) is 18.5. The van der Waals surface area contributed by atoms with Crippen molar-refractivity contribution in [3.05, 3.63) is 159 Å². The number of hydrogen-bond acceptors (Lipinski definition) is 10. The first-order valence-electron chi connectivity index (χ1n) is 21.1. The number of fused-ring (bicyclic) bond motifs is 4. The fourth-order valence-corrected chi connectivity index (χ4v) is 12.0. The molecule has 0 amide bonds. The monoisotopic (exact) mass is 1030 g/mol. The summed E-state index contributed by atoms with van der Waals surface area (Å²) in [5.74, 6) is -3.76. The molecule has 10 rings (SSSR count). The van der Waals surface area contributed by atoms with Crippen molar-refractivity contribution in [3.63, 3.8) is 0 Å². The van der Waals surface area contributed by atoms with E-state index < -0.39 is 71.1 Å². The van der Waals surface area contributed by atoms with Crippen LogP contribution in [0.3, 0.4) is 0 Å². The number of anilines is 2. The van der Waals surface area contributed by atoms with E-state index in [1.807, 2.05) is 0 Å². The number of halogens is 5. The Labute approximate surface area is 397 Å². The zero-order chi connectivity index (χ0) is 48.9. The summed E-state index contributed by atoms with van der Waals surface area (Å²) in [4.78, 5) is 24.0. The summed E-state index contributed by atoms with van der Waals surface area (Å²) in [6.45, 7) is 0. The van der Waals surface area contributed by atoms with E-state index in [4.69, 9.17) is 15.2 Å². The number of aromatic hydroxyl groups is 2. The zero-order valence-corrected chi connectivity index (χ0v) is 38.8. The fourth-order valence-electron chi connectivity index (χ4n) is 9.19. The summed E-state index contributed by atoms with van der Waals surface area (Å²) in [6.07, 6.45) is 5.34. The van der Waals surface area contributed by atoms with E-state index in [1.165, 1.54) is 24.3 Å². The molecule has 0 aliphatic heterocycles. The van der Waals surface area contributed by atoms with E-state index in [0.717, 1.165) is 72.2 Å². The molecule has 0 radical (unpaired) electrons. The van der Waals surface area contributed by atoms with Crippen molar-refractivity contribution < 1.29 is 64.2 Å². The average Bonchev–Trinajstić information content (AvgIpc) is 3.71. The molecule has 0 saturated heterocycles. The highest BCUT2D eigenvalue weighted by Crippen LogP contribution is 2.54. The molecule has 0 heterocycles. The smallest absolute Gasteiger partial charge is 0.488 e. The molecule has 2 spiro atoms. The van der Waals surface area contributed by atoms with Crippen LogP contribution in [-0.2, 0) is 53.3 Å². The molecule has 12 nitrogen and oxygen atoms in total. The Morgan fingerprint density at radius 3 is 1.49 bits per heavy atom. The van der Waals surface area contributed by atoms with Gasteiger partial charge in [-0.1, -0.05) is 53.0 Å². The molecule has 0 bridgehead atoms. The number of sulfonamides is 2. The molecule has 68 heavy (non-hydrogen) atoms. The van der Waals surface area contributed by atoms with Gasteiger partial charge >= 0.3 is 7.12 Å². The van der Waals surface area contributed by atoms with Crippen LogP contribution in [0.1, 0.15) is 60.8 Å². The molecule has 20 heteroatoms. The number of rotatable bonds is 8. The van der Waals surface area contributed by atoms with Gasteiger partial charge < -0.3 is 20.3 Å². The molecule has 4 aliphatic carbocycles. The van der Waals surface area contributed by atoms with Gasteiger partial charge in [0.05, 0.1) is 16.5 Å². The zero-order valence-electron chi connectivity index (χ0n) is 35.6. The van der Waals surface area contributed by atoms with Crippen molar-refractivity contribution in [2.45, 2.75) is 72.0 Å². The Morgan fingerprint density at radius 1 is 0.574 bits per heavy atom. The van der Waals surface area contributed by atoms with Gasteiger partial charge in [0.15, 0.2) is 0 Å². The van der Waals surface area contributed by atoms with Crippen molar-refractivity contribution in [1.82, 2.24) is 0 Å². The third-order valence-corrected chi connectivity index (χ3v) is 16.4. The molecule has 2 saturated carbocycles. The maximum absolute atomic E-state index is 14.2. The Morgan fingerprint density at radius 2 is 1.04 bits per heavy atom.